The van der Waals surface area contributed by atoms with Crippen molar-refractivity contribution in [2.45, 2.75) is 108 Å². The molecule has 5 atom stereocenters. The van der Waals surface area contributed by atoms with E-state index >= 15 is 0 Å². The number of ether oxygens (including phenoxy) is 2. The number of fused-ring (bicyclic) bond motifs is 3. The van der Waals surface area contributed by atoms with Gasteiger partial charge in [-0.2, -0.15) is 12.7 Å². The fourth-order valence-corrected chi connectivity index (χ4v) is 7.75. The summed E-state index contributed by atoms with van der Waals surface area (Å²) in [6.07, 6.45) is 4.17. The normalized spacial score (nSPS) is 26.7. The molecule has 0 bridgehead atoms. The van der Waals surface area contributed by atoms with E-state index in [9.17, 15) is 32.4 Å². The van der Waals surface area contributed by atoms with E-state index in [1.165, 1.54) is 23.9 Å². The topological polar surface area (TPSA) is 184 Å². The number of hydrogen-bond donors (Lipinski definition) is 3. The molecule has 15 nitrogen and oxygen atoms in total. The standard InChI is InChI=1S/C34H46Cl2N6O9S/c1-33(2,3)51-31(46)37-26-12-10-8-6-7-9-11-20-16-34(20,30(45)39-52(48,49)40(4)5)38-28(43)27-15-21(17-42(27)29(26)44)50-32(47)41-18-22-23(19-41)25(36)14-13-24(22)35/h9,11,13-14,20-21,26-27H,6-8,10,12,15-19H2,1-5H3,(H,37,46)(H,38,43)(H,39,45)/t20-,21-,26+,27+,34-/m1/s1. The Bertz CT molecular complexity index is 1720. The van der Waals surface area contributed by atoms with Crippen molar-refractivity contribution in [1.29, 1.82) is 0 Å². The van der Waals surface area contributed by atoms with Crippen LogP contribution in [0.15, 0.2) is 24.3 Å². The summed E-state index contributed by atoms with van der Waals surface area (Å²) in [4.78, 5) is 71.1. The van der Waals surface area contributed by atoms with Crippen LogP contribution in [0.3, 0.4) is 0 Å². The summed E-state index contributed by atoms with van der Waals surface area (Å²) in [7, 11) is -1.66. The third-order valence-corrected chi connectivity index (χ3v) is 11.7. The van der Waals surface area contributed by atoms with Gasteiger partial charge in [0.05, 0.1) is 19.6 Å². The van der Waals surface area contributed by atoms with E-state index in [1.54, 1.807) is 39.0 Å². The van der Waals surface area contributed by atoms with Gasteiger partial charge in [0, 0.05) is 36.5 Å². The summed E-state index contributed by atoms with van der Waals surface area (Å²) in [6, 6.07) is 0.983. The van der Waals surface area contributed by atoms with Gasteiger partial charge in [-0.25, -0.2) is 14.3 Å². The molecule has 52 heavy (non-hydrogen) atoms. The van der Waals surface area contributed by atoms with Crippen molar-refractivity contribution in [3.05, 3.63) is 45.5 Å². The maximum absolute atomic E-state index is 14.3. The Morgan fingerprint density at radius 1 is 1.04 bits per heavy atom. The molecule has 3 N–H and O–H groups in total. The van der Waals surface area contributed by atoms with E-state index in [4.69, 9.17) is 32.7 Å². The maximum Gasteiger partial charge on any atom is 0.410 e. The number of carbonyl (C=O) groups excluding carboxylic acids is 5. The van der Waals surface area contributed by atoms with Gasteiger partial charge in [-0.05, 0) is 69.7 Å². The molecular weight excluding hydrogens is 739 g/mol. The molecule has 1 saturated carbocycles. The van der Waals surface area contributed by atoms with Crippen LogP contribution >= 0.6 is 23.2 Å². The molecule has 3 heterocycles. The fraction of sp³-hybridized carbons (Fsp3) is 0.618. The van der Waals surface area contributed by atoms with Crippen LogP contribution in [0.2, 0.25) is 10.0 Å². The number of amides is 5. The SMILES string of the molecule is CN(C)S(=O)(=O)NC(=O)[C@@]12C[C@H]1C=CCCCCC[C@H](NC(=O)OC(C)(C)C)C(=O)N1C[C@H](OC(=O)N3Cc4c(Cl)ccc(Cl)c4C3)C[C@H]1C(=O)N2. The average Bonchev–Trinajstić information content (AvgIpc) is 3.35. The second-order valence-electron chi connectivity index (χ2n) is 14.8. The minimum Gasteiger partial charge on any atom is -0.444 e. The zero-order valence-electron chi connectivity index (χ0n) is 29.9. The first-order valence-electron chi connectivity index (χ1n) is 17.3. The van der Waals surface area contributed by atoms with Crippen molar-refractivity contribution in [3.63, 3.8) is 0 Å². The Morgan fingerprint density at radius 3 is 2.31 bits per heavy atom. The first-order chi connectivity index (χ1) is 24.3. The molecule has 5 rings (SSSR count). The van der Waals surface area contributed by atoms with Gasteiger partial charge in [0.15, 0.2) is 0 Å². The molecule has 1 saturated heterocycles. The Hall–Kier alpha value is -3.60. The van der Waals surface area contributed by atoms with E-state index in [0.717, 1.165) is 10.7 Å². The third kappa shape index (κ3) is 8.95. The number of benzene rings is 1. The zero-order valence-corrected chi connectivity index (χ0v) is 32.2. The highest BCUT2D eigenvalue weighted by Gasteiger charge is 2.62. The summed E-state index contributed by atoms with van der Waals surface area (Å²) < 4.78 is 39.4. The third-order valence-electron chi connectivity index (χ3n) is 9.58. The maximum atomic E-state index is 14.3. The van der Waals surface area contributed by atoms with Gasteiger partial charge < -0.3 is 25.0 Å². The molecule has 0 radical (unpaired) electrons. The van der Waals surface area contributed by atoms with E-state index in [-0.39, 0.29) is 38.9 Å². The zero-order chi connectivity index (χ0) is 38.2. The molecule has 1 aromatic carbocycles. The van der Waals surface area contributed by atoms with Crippen LogP contribution in [0.25, 0.3) is 0 Å². The molecule has 0 unspecified atom stereocenters. The highest BCUT2D eigenvalue weighted by atomic mass is 35.5. The molecule has 4 aliphatic rings. The van der Waals surface area contributed by atoms with Gasteiger partial charge >= 0.3 is 22.4 Å². The van der Waals surface area contributed by atoms with Crippen LogP contribution in [0.4, 0.5) is 9.59 Å². The quantitative estimate of drug-likeness (QED) is 0.376. The number of nitrogens with zero attached hydrogens (tertiary/aromatic N) is 3. The van der Waals surface area contributed by atoms with Gasteiger partial charge in [0.25, 0.3) is 5.91 Å². The Balaban J connectivity index is 1.42. The fourth-order valence-electron chi connectivity index (χ4n) is 6.68. The molecule has 1 aromatic rings. The van der Waals surface area contributed by atoms with Crippen LogP contribution in [0.1, 0.15) is 76.8 Å². The number of alkyl carbamates (subject to hydrolysis) is 1. The molecule has 1 aliphatic carbocycles. The molecule has 0 spiro atoms. The lowest BCUT2D eigenvalue weighted by Crippen LogP contribution is -2.58. The molecular formula is C34H46Cl2N6O9S. The first-order valence-corrected chi connectivity index (χ1v) is 19.5. The smallest absolute Gasteiger partial charge is 0.410 e. The first kappa shape index (κ1) is 39.6. The summed E-state index contributed by atoms with van der Waals surface area (Å²) >= 11 is 12.7. The van der Waals surface area contributed by atoms with E-state index in [0.29, 0.717) is 40.4 Å². The second-order valence-corrected chi connectivity index (χ2v) is 17.5. The monoisotopic (exact) mass is 784 g/mol. The van der Waals surface area contributed by atoms with Crippen molar-refractivity contribution in [1.82, 2.24) is 29.5 Å². The molecule has 2 fully saturated rings. The van der Waals surface area contributed by atoms with Gasteiger partial charge in [0.2, 0.25) is 11.8 Å². The number of carbonyl (C=O) groups is 5. The lowest BCUT2D eigenvalue weighted by molar-refractivity contribution is -0.141. The van der Waals surface area contributed by atoms with Crippen LogP contribution in [-0.4, -0.2) is 102 Å². The number of halogens is 2. The van der Waals surface area contributed by atoms with E-state index in [2.05, 4.69) is 10.6 Å². The minimum absolute atomic E-state index is 0.126. The van der Waals surface area contributed by atoms with Crippen molar-refractivity contribution in [3.8, 4) is 0 Å². The van der Waals surface area contributed by atoms with E-state index < -0.39 is 75.4 Å². The Morgan fingerprint density at radius 2 is 1.69 bits per heavy atom. The van der Waals surface area contributed by atoms with E-state index in [1.807, 2.05) is 10.8 Å². The lowest BCUT2D eigenvalue weighted by atomic mass is 10.0. The Kier molecular flexibility index (Phi) is 11.7. The van der Waals surface area contributed by atoms with Crippen LogP contribution in [0, 0.1) is 5.92 Å². The number of allylic oxidation sites excluding steroid dienone is 1. The van der Waals surface area contributed by atoms with Crippen molar-refractivity contribution < 1.29 is 41.9 Å². The lowest BCUT2D eigenvalue weighted by Gasteiger charge is -2.30. The van der Waals surface area contributed by atoms with Crippen LogP contribution in [0.5, 0.6) is 0 Å². The predicted octanol–water partition coefficient (Wildman–Crippen LogP) is 3.63. The van der Waals surface area contributed by atoms with Crippen molar-refractivity contribution in [2.24, 2.45) is 5.92 Å². The van der Waals surface area contributed by atoms with Crippen LogP contribution < -0.4 is 15.4 Å². The van der Waals surface area contributed by atoms with Gasteiger partial charge in [0.1, 0.15) is 29.3 Å². The summed E-state index contributed by atoms with van der Waals surface area (Å²) in [6.45, 7) is 5.20. The molecule has 0 aromatic heterocycles. The molecule has 5 amide bonds. The molecule has 3 aliphatic heterocycles. The average molecular weight is 786 g/mol. The van der Waals surface area contributed by atoms with Gasteiger partial charge in [-0.15, -0.1) is 0 Å². The predicted molar refractivity (Wildman–Crippen MR) is 191 cm³/mol. The second kappa shape index (κ2) is 15.4. The number of rotatable bonds is 5. The summed E-state index contributed by atoms with van der Waals surface area (Å²) in [5.74, 6) is -2.75. The summed E-state index contributed by atoms with van der Waals surface area (Å²) in [5, 5.41) is 6.34. The van der Waals surface area contributed by atoms with Crippen molar-refractivity contribution >= 4 is 63.3 Å². The molecule has 286 valence electrons. The van der Waals surface area contributed by atoms with Gasteiger partial charge in [-0.3, -0.25) is 19.3 Å². The minimum atomic E-state index is -4.19. The summed E-state index contributed by atoms with van der Waals surface area (Å²) in [5.41, 5.74) is -1.05. The number of hydrogen-bond acceptors (Lipinski definition) is 9. The largest absolute Gasteiger partial charge is 0.444 e. The molecule has 18 heteroatoms. The highest BCUT2D eigenvalue weighted by Crippen LogP contribution is 2.46. The van der Waals surface area contributed by atoms with Crippen LogP contribution in [-0.2, 0) is 47.2 Å². The van der Waals surface area contributed by atoms with Crippen molar-refractivity contribution in [2.75, 3.05) is 20.6 Å². The Labute approximate surface area is 313 Å². The highest BCUT2D eigenvalue weighted by molar-refractivity contribution is 7.87. The van der Waals surface area contributed by atoms with Gasteiger partial charge in [-0.1, -0.05) is 48.2 Å². The number of nitrogens with one attached hydrogen (secondary N) is 3.